The van der Waals surface area contributed by atoms with Gasteiger partial charge in [0.15, 0.2) is 0 Å². The third kappa shape index (κ3) is 4.94. The molecule has 0 saturated carbocycles. The zero-order valence-electron chi connectivity index (χ0n) is 30.2. The summed E-state index contributed by atoms with van der Waals surface area (Å²) in [6.45, 7) is 0. The van der Waals surface area contributed by atoms with E-state index >= 15 is 0 Å². The molecule has 0 unspecified atom stereocenters. The number of anilines is 3. The molecule has 1 heteroatoms. The molecule has 256 valence electrons. The van der Waals surface area contributed by atoms with Crippen LogP contribution in [0.3, 0.4) is 0 Å². The second kappa shape index (κ2) is 12.7. The Hall–Kier alpha value is -7.22. The molecule has 0 saturated heterocycles. The summed E-state index contributed by atoms with van der Waals surface area (Å²) in [6, 6.07) is 77.7. The number of para-hydroxylation sites is 2. The quantitative estimate of drug-likeness (QED) is 0.128. The molecule has 0 fully saturated rings. The first-order valence-corrected chi connectivity index (χ1v) is 19.0. The van der Waals surface area contributed by atoms with Crippen LogP contribution in [0, 0.1) is 0 Å². The van der Waals surface area contributed by atoms with Crippen LogP contribution < -0.4 is 4.90 Å². The maximum atomic E-state index is 2.43. The summed E-state index contributed by atoms with van der Waals surface area (Å²) >= 11 is 0. The van der Waals surface area contributed by atoms with Gasteiger partial charge in [-0.15, -0.1) is 0 Å². The van der Waals surface area contributed by atoms with E-state index in [0.717, 1.165) is 17.1 Å². The summed E-state index contributed by atoms with van der Waals surface area (Å²) in [5, 5.41) is 15.2. The van der Waals surface area contributed by atoms with E-state index in [9.17, 15) is 0 Å². The van der Waals surface area contributed by atoms with E-state index in [1.807, 2.05) is 0 Å². The number of fused-ring (bicyclic) bond motifs is 10. The molecule has 0 radical (unpaired) electrons. The van der Waals surface area contributed by atoms with Gasteiger partial charge >= 0.3 is 0 Å². The Morgan fingerprint density at radius 1 is 0.255 bits per heavy atom. The molecule has 11 aromatic carbocycles. The molecular formula is C54H35N. The van der Waals surface area contributed by atoms with E-state index in [1.54, 1.807) is 0 Å². The summed E-state index contributed by atoms with van der Waals surface area (Å²) < 4.78 is 0. The lowest BCUT2D eigenvalue weighted by atomic mass is 9.80. The lowest BCUT2D eigenvalue weighted by Crippen LogP contribution is -2.09. The SMILES string of the molecule is c1ccc(N(c2ccccc2)c2ccc(-c3c4ccccc4c(-c4cc5ccccc5c5ccccc45)c4c5ccccc5c5ccccc5c34)cc2)cc1. The van der Waals surface area contributed by atoms with Crippen molar-refractivity contribution in [1.29, 1.82) is 0 Å². The maximum absolute atomic E-state index is 2.43. The van der Waals surface area contributed by atoms with E-state index in [4.69, 9.17) is 0 Å². The van der Waals surface area contributed by atoms with Crippen LogP contribution in [-0.2, 0) is 0 Å². The summed E-state index contributed by atoms with van der Waals surface area (Å²) in [7, 11) is 0. The van der Waals surface area contributed by atoms with Crippen LogP contribution in [0.4, 0.5) is 17.1 Å². The summed E-state index contributed by atoms with van der Waals surface area (Å²) in [5.74, 6) is 0. The van der Waals surface area contributed by atoms with Crippen molar-refractivity contribution in [2.75, 3.05) is 4.90 Å². The fourth-order valence-electron chi connectivity index (χ4n) is 9.07. The predicted molar refractivity (Wildman–Crippen MR) is 237 cm³/mol. The number of rotatable bonds is 5. The van der Waals surface area contributed by atoms with Gasteiger partial charge in [0.1, 0.15) is 0 Å². The molecule has 0 aliphatic heterocycles. The van der Waals surface area contributed by atoms with Crippen molar-refractivity contribution >= 4 is 81.7 Å². The zero-order valence-corrected chi connectivity index (χ0v) is 30.2. The van der Waals surface area contributed by atoms with Gasteiger partial charge < -0.3 is 4.90 Å². The van der Waals surface area contributed by atoms with Crippen LogP contribution in [0.5, 0.6) is 0 Å². The molecular weight excluding hydrogens is 663 g/mol. The van der Waals surface area contributed by atoms with Crippen LogP contribution in [0.15, 0.2) is 212 Å². The Kier molecular flexibility index (Phi) is 7.25. The molecule has 0 bridgehead atoms. The Labute approximate surface area is 320 Å². The Balaban J connectivity index is 1.28. The molecule has 11 aromatic rings. The molecule has 1 nitrogen and oxygen atoms in total. The topological polar surface area (TPSA) is 3.24 Å². The minimum atomic E-state index is 1.12. The lowest BCUT2D eigenvalue weighted by molar-refractivity contribution is 1.28. The molecule has 55 heavy (non-hydrogen) atoms. The third-order valence-electron chi connectivity index (χ3n) is 11.4. The van der Waals surface area contributed by atoms with Crippen molar-refractivity contribution in [3.8, 4) is 22.3 Å². The predicted octanol–water partition coefficient (Wildman–Crippen LogP) is 15.4. The Morgan fingerprint density at radius 3 is 1.20 bits per heavy atom. The van der Waals surface area contributed by atoms with E-state index in [1.165, 1.54) is 86.9 Å². The lowest BCUT2D eigenvalue weighted by Gasteiger charge is -2.26. The third-order valence-corrected chi connectivity index (χ3v) is 11.4. The highest BCUT2D eigenvalue weighted by Gasteiger charge is 2.23. The first kappa shape index (κ1) is 31.3. The molecule has 0 aliphatic rings. The summed E-state index contributed by atoms with van der Waals surface area (Å²) in [6.07, 6.45) is 0. The average Bonchev–Trinajstić information content (AvgIpc) is 3.26. The molecule has 0 N–H and O–H groups in total. The highest BCUT2D eigenvalue weighted by Crippen LogP contribution is 2.51. The van der Waals surface area contributed by atoms with Gasteiger partial charge in [-0.1, -0.05) is 170 Å². The molecule has 11 rings (SSSR count). The van der Waals surface area contributed by atoms with Crippen molar-refractivity contribution in [3.05, 3.63) is 212 Å². The van der Waals surface area contributed by atoms with Gasteiger partial charge in [-0.3, -0.25) is 0 Å². The maximum Gasteiger partial charge on any atom is 0.0462 e. The molecule has 0 atom stereocenters. The number of hydrogen-bond donors (Lipinski definition) is 0. The fraction of sp³-hybridized carbons (Fsp3) is 0. The van der Waals surface area contributed by atoms with E-state index < -0.39 is 0 Å². The highest BCUT2D eigenvalue weighted by molar-refractivity contribution is 6.38. The van der Waals surface area contributed by atoms with Crippen molar-refractivity contribution in [2.45, 2.75) is 0 Å². The zero-order chi connectivity index (χ0) is 36.3. The van der Waals surface area contributed by atoms with Gasteiger partial charge in [0, 0.05) is 17.1 Å². The van der Waals surface area contributed by atoms with Crippen LogP contribution in [-0.4, -0.2) is 0 Å². The van der Waals surface area contributed by atoms with E-state index in [-0.39, 0.29) is 0 Å². The van der Waals surface area contributed by atoms with Crippen molar-refractivity contribution in [1.82, 2.24) is 0 Å². The number of hydrogen-bond acceptors (Lipinski definition) is 1. The van der Waals surface area contributed by atoms with Gasteiger partial charge in [0.25, 0.3) is 0 Å². The highest BCUT2D eigenvalue weighted by atomic mass is 15.1. The summed E-state index contributed by atoms with van der Waals surface area (Å²) in [4.78, 5) is 2.33. The molecule has 0 heterocycles. The largest absolute Gasteiger partial charge is 0.311 e. The van der Waals surface area contributed by atoms with Crippen LogP contribution in [0.25, 0.3) is 86.9 Å². The van der Waals surface area contributed by atoms with Gasteiger partial charge in [-0.2, -0.15) is 0 Å². The smallest absolute Gasteiger partial charge is 0.0462 e. The van der Waals surface area contributed by atoms with Gasteiger partial charge in [0.05, 0.1) is 0 Å². The van der Waals surface area contributed by atoms with Gasteiger partial charge in [-0.05, 0) is 129 Å². The van der Waals surface area contributed by atoms with Crippen molar-refractivity contribution in [3.63, 3.8) is 0 Å². The van der Waals surface area contributed by atoms with E-state index in [2.05, 4.69) is 217 Å². The number of benzene rings is 11. The summed E-state index contributed by atoms with van der Waals surface area (Å²) in [5.41, 5.74) is 8.38. The van der Waals surface area contributed by atoms with Crippen LogP contribution >= 0.6 is 0 Å². The second-order valence-corrected chi connectivity index (χ2v) is 14.4. The normalized spacial score (nSPS) is 11.6. The molecule has 0 amide bonds. The molecule has 0 aromatic heterocycles. The van der Waals surface area contributed by atoms with Crippen molar-refractivity contribution in [2.24, 2.45) is 0 Å². The van der Waals surface area contributed by atoms with Crippen LogP contribution in [0.2, 0.25) is 0 Å². The first-order valence-electron chi connectivity index (χ1n) is 19.0. The molecule has 0 spiro atoms. The first-order chi connectivity index (χ1) is 27.3. The average molecular weight is 698 g/mol. The monoisotopic (exact) mass is 697 g/mol. The van der Waals surface area contributed by atoms with Gasteiger partial charge in [0.2, 0.25) is 0 Å². The fourth-order valence-corrected chi connectivity index (χ4v) is 9.07. The minimum absolute atomic E-state index is 1.12. The minimum Gasteiger partial charge on any atom is -0.311 e. The Bertz CT molecular complexity index is 3200. The van der Waals surface area contributed by atoms with Gasteiger partial charge in [-0.25, -0.2) is 0 Å². The van der Waals surface area contributed by atoms with E-state index in [0.29, 0.717) is 0 Å². The Morgan fingerprint density at radius 2 is 0.636 bits per heavy atom. The standard InChI is InChI=1S/C54H35N/c1-3-18-38(19-4-1)55(39-20-5-2-6-21-39)40-33-31-36(32-34-40)51-48-29-15-16-30-49(48)52(50-35-37-17-7-8-22-41(37)42-23-9-10-26-45(42)50)54-47-28-14-12-25-44(47)43-24-11-13-27-46(43)53(51)54/h1-35H. The van der Waals surface area contributed by atoms with Crippen molar-refractivity contribution < 1.29 is 0 Å². The number of nitrogens with zero attached hydrogens (tertiary/aromatic N) is 1. The van der Waals surface area contributed by atoms with Crippen LogP contribution in [0.1, 0.15) is 0 Å². The second-order valence-electron chi connectivity index (χ2n) is 14.4. The molecule has 0 aliphatic carbocycles.